The van der Waals surface area contributed by atoms with Gasteiger partial charge in [0.05, 0.1) is 6.61 Å². The van der Waals surface area contributed by atoms with Crippen LogP contribution in [0.5, 0.6) is 5.75 Å². The molecule has 4 nitrogen and oxygen atoms in total. The molecule has 1 aliphatic heterocycles. The second kappa shape index (κ2) is 7.50. The van der Waals surface area contributed by atoms with E-state index in [0.717, 1.165) is 38.3 Å². The lowest BCUT2D eigenvalue weighted by Crippen LogP contribution is -2.39. The van der Waals surface area contributed by atoms with Crippen molar-refractivity contribution < 1.29 is 9.47 Å². The van der Waals surface area contributed by atoms with Gasteiger partial charge in [-0.3, -0.25) is 0 Å². The van der Waals surface area contributed by atoms with E-state index < -0.39 is 0 Å². The molecule has 0 saturated carbocycles. The largest absolute Gasteiger partial charge is 0.491 e. The molecule has 0 atom stereocenters. The normalized spacial score (nSPS) is 16.4. The number of aryl methyl sites for hydroxylation is 1. The molecule has 1 aromatic carbocycles. The molecule has 112 valence electrons. The Kier molecular flexibility index (Phi) is 5.68. The van der Waals surface area contributed by atoms with Crippen molar-refractivity contribution >= 4 is 5.69 Å². The summed E-state index contributed by atoms with van der Waals surface area (Å²) in [6.07, 6.45) is 2.15. The van der Waals surface area contributed by atoms with Crippen LogP contribution in [-0.2, 0) is 4.74 Å². The lowest BCUT2D eigenvalue weighted by Gasteiger charge is -2.33. The Bertz CT molecular complexity index is 415. The van der Waals surface area contributed by atoms with E-state index in [0.29, 0.717) is 19.3 Å². The third kappa shape index (κ3) is 4.12. The SMILES string of the molecule is CCOCCOc1ccc(N2CCC(N)CC2)c(C)c1. The molecule has 2 N–H and O–H groups in total. The van der Waals surface area contributed by atoms with Gasteiger partial charge in [-0.25, -0.2) is 0 Å². The van der Waals surface area contributed by atoms with Gasteiger partial charge in [0.1, 0.15) is 12.4 Å². The van der Waals surface area contributed by atoms with Crippen molar-refractivity contribution in [2.24, 2.45) is 5.73 Å². The Labute approximate surface area is 121 Å². The van der Waals surface area contributed by atoms with Gasteiger partial charge in [-0.15, -0.1) is 0 Å². The Morgan fingerprint density at radius 1 is 1.25 bits per heavy atom. The van der Waals surface area contributed by atoms with Gasteiger partial charge in [-0.1, -0.05) is 0 Å². The molecule has 0 unspecified atom stereocenters. The highest BCUT2D eigenvalue weighted by Crippen LogP contribution is 2.27. The molecular formula is C16H26N2O2. The van der Waals surface area contributed by atoms with E-state index in [1.54, 1.807) is 0 Å². The zero-order valence-corrected chi connectivity index (χ0v) is 12.6. The summed E-state index contributed by atoms with van der Waals surface area (Å²) in [4.78, 5) is 2.42. The van der Waals surface area contributed by atoms with Crippen molar-refractivity contribution in [3.63, 3.8) is 0 Å². The van der Waals surface area contributed by atoms with Crippen LogP contribution in [0.2, 0.25) is 0 Å². The summed E-state index contributed by atoms with van der Waals surface area (Å²) in [5.41, 5.74) is 8.52. The molecular weight excluding hydrogens is 252 g/mol. The van der Waals surface area contributed by atoms with E-state index in [1.807, 2.05) is 13.0 Å². The van der Waals surface area contributed by atoms with E-state index in [-0.39, 0.29) is 0 Å². The molecule has 1 aliphatic rings. The predicted octanol–water partition coefficient (Wildman–Crippen LogP) is 2.34. The number of piperidine rings is 1. The van der Waals surface area contributed by atoms with Gasteiger partial charge in [0, 0.05) is 31.4 Å². The first-order valence-corrected chi connectivity index (χ1v) is 7.52. The Balaban J connectivity index is 1.92. The average Bonchev–Trinajstić information content (AvgIpc) is 2.45. The number of anilines is 1. The smallest absolute Gasteiger partial charge is 0.119 e. The third-order valence-corrected chi connectivity index (χ3v) is 3.75. The van der Waals surface area contributed by atoms with Crippen molar-refractivity contribution in [2.45, 2.75) is 32.7 Å². The fourth-order valence-electron chi connectivity index (χ4n) is 2.58. The molecule has 0 bridgehead atoms. The van der Waals surface area contributed by atoms with Crippen molar-refractivity contribution in [2.75, 3.05) is 37.8 Å². The van der Waals surface area contributed by atoms with Crippen LogP contribution in [-0.4, -0.2) is 39.0 Å². The number of nitrogens with two attached hydrogens (primary N) is 1. The molecule has 1 aromatic rings. The molecule has 4 heteroatoms. The van der Waals surface area contributed by atoms with Crippen LogP contribution >= 0.6 is 0 Å². The molecule has 0 aliphatic carbocycles. The van der Waals surface area contributed by atoms with Crippen molar-refractivity contribution in [3.8, 4) is 5.75 Å². The van der Waals surface area contributed by atoms with E-state index in [9.17, 15) is 0 Å². The second-order valence-corrected chi connectivity index (χ2v) is 5.32. The Morgan fingerprint density at radius 3 is 2.65 bits per heavy atom. The van der Waals surface area contributed by atoms with E-state index >= 15 is 0 Å². The summed E-state index contributed by atoms with van der Waals surface area (Å²) in [6.45, 7) is 8.20. The van der Waals surface area contributed by atoms with Gasteiger partial charge >= 0.3 is 0 Å². The first-order valence-electron chi connectivity index (χ1n) is 7.52. The van der Waals surface area contributed by atoms with Crippen LogP contribution in [0.3, 0.4) is 0 Å². The van der Waals surface area contributed by atoms with E-state index in [2.05, 4.69) is 24.0 Å². The van der Waals surface area contributed by atoms with Gasteiger partial charge in [0.25, 0.3) is 0 Å². The molecule has 1 fully saturated rings. The lowest BCUT2D eigenvalue weighted by molar-refractivity contribution is 0.110. The average molecular weight is 278 g/mol. The summed E-state index contributed by atoms with van der Waals surface area (Å²) in [7, 11) is 0. The highest BCUT2D eigenvalue weighted by atomic mass is 16.5. The Hall–Kier alpha value is -1.26. The summed E-state index contributed by atoms with van der Waals surface area (Å²) in [5.74, 6) is 0.916. The fraction of sp³-hybridized carbons (Fsp3) is 0.625. The minimum Gasteiger partial charge on any atom is -0.491 e. The molecule has 0 spiro atoms. The lowest BCUT2D eigenvalue weighted by atomic mass is 10.0. The van der Waals surface area contributed by atoms with Crippen LogP contribution in [0.15, 0.2) is 18.2 Å². The predicted molar refractivity (Wildman–Crippen MR) is 82.6 cm³/mol. The number of rotatable bonds is 6. The number of benzene rings is 1. The minimum atomic E-state index is 0.368. The summed E-state index contributed by atoms with van der Waals surface area (Å²) in [6, 6.07) is 6.67. The number of ether oxygens (including phenoxy) is 2. The zero-order valence-electron chi connectivity index (χ0n) is 12.6. The molecule has 0 aromatic heterocycles. The van der Waals surface area contributed by atoms with Crippen LogP contribution in [0.1, 0.15) is 25.3 Å². The molecule has 2 rings (SSSR count). The number of nitrogens with zero attached hydrogens (tertiary/aromatic N) is 1. The number of hydrogen-bond donors (Lipinski definition) is 1. The van der Waals surface area contributed by atoms with Crippen molar-refractivity contribution in [3.05, 3.63) is 23.8 Å². The molecule has 1 saturated heterocycles. The van der Waals surface area contributed by atoms with Crippen LogP contribution in [0.25, 0.3) is 0 Å². The van der Waals surface area contributed by atoms with Crippen LogP contribution < -0.4 is 15.4 Å². The van der Waals surface area contributed by atoms with Gasteiger partial charge in [0.2, 0.25) is 0 Å². The minimum absolute atomic E-state index is 0.368. The zero-order chi connectivity index (χ0) is 14.4. The Morgan fingerprint density at radius 2 is 2.00 bits per heavy atom. The van der Waals surface area contributed by atoms with E-state index in [1.165, 1.54) is 11.3 Å². The molecule has 0 amide bonds. The maximum absolute atomic E-state index is 5.96. The summed E-state index contributed by atoms with van der Waals surface area (Å²) >= 11 is 0. The molecule has 1 heterocycles. The maximum atomic E-state index is 5.96. The number of hydrogen-bond acceptors (Lipinski definition) is 4. The monoisotopic (exact) mass is 278 g/mol. The summed E-state index contributed by atoms with van der Waals surface area (Å²) < 4.78 is 11.0. The van der Waals surface area contributed by atoms with Gasteiger partial charge in [-0.2, -0.15) is 0 Å². The van der Waals surface area contributed by atoms with Gasteiger partial charge in [-0.05, 0) is 50.5 Å². The summed E-state index contributed by atoms with van der Waals surface area (Å²) in [5, 5.41) is 0. The van der Waals surface area contributed by atoms with Crippen LogP contribution in [0.4, 0.5) is 5.69 Å². The standard InChI is InChI=1S/C16H26N2O2/c1-3-19-10-11-20-15-4-5-16(13(2)12-15)18-8-6-14(17)7-9-18/h4-5,12,14H,3,6-11,17H2,1-2H3. The topological polar surface area (TPSA) is 47.7 Å². The van der Waals surface area contributed by atoms with E-state index in [4.69, 9.17) is 15.2 Å². The molecule has 0 radical (unpaired) electrons. The van der Waals surface area contributed by atoms with Crippen molar-refractivity contribution in [1.82, 2.24) is 0 Å². The second-order valence-electron chi connectivity index (χ2n) is 5.32. The highest BCUT2D eigenvalue weighted by molar-refractivity contribution is 5.56. The first-order chi connectivity index (χ1) is 9.70. The first kappa shape index (κ1) is 15.1. The highest BCUT2D eigenvalue weighted by Gasteiger charge is 2.17. The fourth-order valence-corrected chi connectivity index (χ4v) is 2.58. The third-order valence-electron chi connectivity index (χ3n) is 3.75. The van der Waals surface area contributed by atoms with Gasteiger partial charge < -0.3 is 20.1 Å². The maximum Gasteiger partial charge on any atom is 0.119 e. The quantitative estimate of drug-likeness (QED) is 0.811. The van der Waals surface area contributed by atoms with Crippen molar-refractivity contribution in [1.29, 1.82) is 0 Å². The molecule has 20 heavy (non-hydrogen) atoms. The van der Waals surface area contributed by atoms with Gasteiger partial charge in [0.15, 0.2) is 0 Å². The van der Waals surface area contributed by atoms with Crippen LogP contribution in [0, 0.1) is 6.92 Å².